The van der Waals surface area contributed by atoms with Gasteiger partial charge in [0.2, 0.25) is 0 Å². The number of anilines is 1. The average Bonchev–Trinajstić information content (AvgIpc) is 3.31. The molecule has 1 aromatic carbocycles. The Morgan fingerprint density at radius 1 is 1.03 bits per heavy atom. The van der Waals surface area contributed by atoms with Gasteiger partial charge in [0, 0.05) is 58.6 Å². The Bertz CT molecular complexity index is 1140. The zero-order valence-corrected chi connectivity index (χ0v) is 19.9. The van der Waals surface area contributed by atoms with Crippen molar-refractivity contribution in [2.75, 3.05) is 44.2 Å². The summed E-state index contributed by atoms with van der Waals surface area (Å²) >= 11 is 0. The van der Waals surface area contributed by atoms with Crippen LogP contribution in [0.5, 0.6) is 0 Å². The minimum atomic E-state index is -0.000450. The number of nitriles is 1. The van der Waals surface area contributed by atoms with Crippen LogP contribution in [0.2, 0.25) is 0 Å². The number of pyridine rings is 1. The number of benzene rings is 1. The van der Waals surface area contributed by atoms with E-state index in [4.69, 9.17) is 5.26 Å². The molecule has 3 heterocycles. The minimum absolute atomic E-state index is 0.000450. The third-order valence-electron chi connectivity index (χ3n) is 6.32. The second-order valence-corrected chi connectivity index (χ2v) is 8.44. The summed E-state index contributed by atoms with van der Waals surface area (Å²) in [5.41, 5.74) is 3.45. The SMILES string of the molecule is CCN(CC)c1cccc(C(=O)N2CCN(Cc3cncn3Cc3ccc(C#N)cc3)CC2)n1. The molecule has 0 saturated carbocycles. The number of hydrogen-bond acceptors (Lipinski definition) is 6. The first-order valence-corrected chi connectivity index (χ1v) is 11.8. The molecule has 4 rings (SSSR count). The summed E-state index contributed by atoms with van der Waals surface area (Å²) in [6.45, 7) is 10.4. The third-order valence-corrected chi connectivity index (χ3v) is 6.32. The molecule has 0 N–H and O–H groups in total. The van der Waals surface area contributed by atoms with Crippen LogP contribution in [-0.2, 0) is 13.1 Å². The first-order chi connectivity index (χ1) is 16.6. The highest BCUT2D eigenvalue weighted by Crippen LogP contribution is 2.15. The molecule has 8 heteroatoms. The van der Waals surface area contributed by atoms with Crippen LogP contribution in [0.1, 0.15) is 41.2 Å². The topological polar surface area (TPSA) is 81.3 Å². The van der Waals surface area contributed by atoms with E-state index in [1.807, 2.05) is 59.9 Å². The van der Waals surface area contributed by atoms with E-state index in [0.717, 1.165) is 49.8 Å². The number of carbonyl (C=O) groups excluding carboxylic acids is 1. The molecule has 2 aromatic heterocycles. The molecular weight excluding hydrogens is 426 g/mol. The van der Waals surface area contributed by atoms with Crippen LogP contribution < -0.4 is 4.90 Å². The van der Waals surface area contributed by atoms with Crippen molar-refractivity contribution in [3.05, 3.63) is 77.5 Å². The molecule has 0 spiro atoms. The Morgan fingerprint density at radius 2 is 1.76 bits per heavy atom. The van der Waals surface area contributed by atoms with Gasteiger partial charge in [0.25, 0.3) is 5.91 Å². The summed E-state index contributed by atoms with van der Waals surface area (Å²) in [7, 11) is 0. The van der Waals surface area contributed by atoms with Gasteiger partial charge in [-0.25, -0.2) is 9.97 Å². The average molecular weight is 458 g/mol. The highest BCUT2D eigenvalue weighted by molar-refractivity contribution is 5.92. The largest absolute Gasteiger partial charge is 0.357 e. The van der Waals surface area contributed by atoms with Crippen molar-refractivity contribution in [3.8, 4) is 6.07 Å². The monoisotopic (exact) mass is 457 g/mol. The van der Waals surface area contributed by atoms with E-state index in [1.54, 1.807) is 0 Å². The van der Waals surface area contributed by atoms with Crippen LogP contribution in [0, 0.1) is 11.3 Å². The summed E-state index contributed by atoms with van der Waals surface area (Å²) in [4.78, 5) is 28.4. The fraction of sp³-hybridized carbons (Fsp3) is 0.385. The second kappa shape index (κ2) is 10.9. The first kappa shape index (κ1) is 23.5. The minimum Gasteiger partial charge on any atom is -0.357 e. The normalized spacial score (nSPS) is 14.1. The van der Waals surface area contributed by atoms with E-state index in [1.165, 1.54) is 0 Å². The van der Waals surface area contributed by atoms with Crippen LogP contribution >= 0.6 is 0 Å². The molecule has 1 aliphatic rings. The molecule has 1 amide bonds. The van der Waals surface area contributed by atoms with Crippen LogP contribution in [0.3, 0.4) is 0 Å². The fourth-order valence-electron chi connectivity index (χ4n) is 4.27. The van der Waals surface area contributed by atoms with E-state index in [9.17, 15) is 4.79 Å². The lowest BCUT2D eigenvalue weighted by molar-refractivity contribution is 0.0620. The van der Waals surface area contributed by atoms with Gasteiger partial charge >= 0.3 is 0 Å². The Kier molecular flexibility index (Phi) is 7.55. The smallest absolute Gasteiger partial charge is 0.272 e. The molecular formula is C26H31N7O. The third kappa shape index (κ3) is 5.43. The van der Waals surface area contributed by atoms with Gasteiger partial charge in [0.05, 0.1) is 23.7 Å². The van der Waals surface area contributed by atoms with E-state index >= 15 is 0 Å². The highest BCUT2D eigenvalue weighted by Gasteiger charge is 2.24. The molecule has 0 aliphatic carbocycles. The molecule has 0 unspecified atom stereocenters. The summed E-state index contributed by atoms with van der Waals surface area (Å²) in [5, 5.41) is 8.98. The Hall–Kier alpha value is -3.70. The first-order valence-electron chi connectivity index (χ1n) is 11.8. The molecule has 176 valence electrons. The molecule has 34 heavy (non-hydrogen) atoms. The lowest BCUT2D eigenvalue weighted by Gasteiger charge is -2.34. The standard InChI is InChI=1S/C26H31N7O/c1-3-31(4-2)25-7-5-6-24(29-25)26(34)32-14-12-30(13-15-32)19-23-17-28-20-33(23)18-22-10-8-21(16-27)9-11-22/h5-11,17,20H,3-4,12-15,18-19H2,1-2H3. The van der Waals surface area contributed by atoms with Gasteiger partial charge in [-0.05, 0) is 43.7 Å². The number of piperazine rings is 1. The Morgan fingerprint density at radius 3 is 2.44 bits per heavy atom. The molecule has 1 aliphatic heterocycles. The maximum Gasteiger partial charge on any atom is 0.272 e. The molecule has 0 radical (unpaired) electrons. The van der Waals surface area contributed by atoms with Crippen molar-refractivity contribution < 1.29 is 4.79 Å². The number of aromatic nitrogens is 3. The van der Waals surface area contributed by atoms with E-state index in [-0.39, 0.29) is 5.91 Å². The number of nitrogens with zero attached hydrogens (tertiary/aromatic N) is 7. The van der Waals surface area contributed by atoms with Crippen LogP contribution in [0.25, 0.3) is 0 Å². The zero-order chi connectivity index (χ0) is 23.9. The predicted molar refractivity (Wildman–Crippen MR) is 131 cm³/mol. The van der Waals surface area contributed by atoms with Gasteiger partial charge in [0.1, 0.15) is 11.5 Å². The fourth-order valence-corrected chi connectivity index (χ4v) is 4.27. The highest BCUT2D eigenvalue weighted by atomic mass is 16.2. The van der Waals surface area contributed by atoms with Crippen LogP contribution in [0.15, 0.2) is 55.0 Å². The lowest BCUT2D eigenvalue weighted by atomic mass is 10.1. The van der Waals surface area contributed by atoms with Gasteiger partial charge in [-0.1, -0.05) is 18.2 Å². The lowest BCUT2D eigenvalue weighted by Crippen LogP contribution is -2.48. The van der Waals surface area contributed by atoms with Gasteiger partial charge in [-0.15, -0.1) is 0 Å². The Balaban J connectivity index is 1.33. The molecule has 1 fully saturated rings. The Labute approximate surface area is 201 Å². The van der Waals surface area contributed by atoms with Crippen molar-refractivity contribution in [2.45, 2.75) is 26.9 Å². The maximum atomic E-state index is 13.1. The number of carbonyl (C=O) groups is 1. The number of amides is 1. The maximum absolute atomic E-state index is 13.1. The van der Waals surface area contributed by atoms with E-state index in [2.05, 4.69) is 44.3 Å². The van der Waals surface area contributed by atoms with Crippen LogP contribution in [0.4, 0.5) is 5.82 Å². The van der Waals surface area contributed by atoms with Gasteiger partial charge in [0.15, 0.2) is 0 Å². The van der Waals surface area contributed by atoms with Crippen molar-refractivity contribution >= 4 is 11.7 Å². The summed E-state index contributed by atoms with van der Waals surface area (Å²) in [6, 6.07) is 15.5. The number of hydrogen-bond donors (Lipinski definition) is 0. The van der Waals surface area contributed by atoms with Gasteiger partial charge in [-0.3, -0.25) is 9.69 Å². The van der Waals surface area contributed by atoms with Crippen molar-refractivity contribution in [2.24, 2.45) is 0 Å². The summed E-state index contributed by atoms with van der Waals surface area (Å²) in [5.74, 6) is 0.851. The summed E-state index contributed by atoms with van der Waals surface area (Å²) < 4.78 is 2.14. The summed E-state index contributed by atoms with van der Waals surface area (Å²) in [6.07, 6.45) is 3.76. The van der Waals surface area contributed by atoms with Crippen LogP contribution in [-0.4, -0.2) is 69.5 Å². The molecule has 3 aromatic rings. The second-order valence-electron chi connectivity index (χ2n) is 8.44. The van der Waals surface area contributed by atoms with Crippen molar-refractivity contribution in [3.63, 3.8) is 0 Å². The molecule has 0 bridgehead atoms. The van der Waals surface area contributed by atoms with E-state index in [0.29, 0.717) is 30.9 Å². The van der Waals surface area contributed by atoms with Gasteiger partial charge < -0.3 is 14.4 Å². The van der Waals surface area contributed by atoms with E-state index < -0.39 is 0 Å². The molecule has 8 nitrogen and oxygen atoms in total. The number of rotatable bonds is 8. The molecule has 0 atom stereocenters. The zero-order valence-electron chi connectivity index (χ0n) is 19.9. The molecule has 1 saturated heterocycles. The van der Waals surface area contributed by atoms with Gasteiger partial charge in [-0.2, -0.15) is 5.26 Å². The number of imidazole rings is 1. The predicted octanol–water partition coefficient (Wildman–Crippen LogP) is 3.00. The van der Waals surface area contributed by atoms with Crippen molar-refractivity contribution in [1.82, 2.24) is 24.3 Å². The quantitative estimate of drug-likeness (QED) is 0.517. The van der Waals surface area contributed by atoms with Crippen molar-refractivity contribution in [1.29, 1.82) is 5.26 Å².